The Morgan fingerprint density at radius 1 is 0.651 bits per heavy atom. The minimum Gasteiger partial charge on any atom is -0.458 e. The predicted octanol–water partition coefficient (Wildman–Crippen LogP) is 8.11. The Morgan fingerprint density at radius 3 is 1.77 bits per heavy atom. The van der Waals surface area contributed by atoms with E-state index in [-0.39, 0.29) is 28.6 Å². The second-order valence-corrected chi connectivity index (χ2v) is 15.7. The van der Waals surface area contributed by atoms with Crippen LogP contribution in [-0.4, -0.2) is 60.6 Å². The van der Waals surface area contributed by atoms with Crippen molar-refractivity contribution >= 4 is 17.5 Å². The zero-order valence-electron chi connectivity index (χ0n) is 30.8. The molecule has 0 saturated carbocycles. The molecule has 1 N–H and O–H groups in total. The molecule has 0 rings (SSSR count). The number of esters is 1. The van der Waals surface area contributed by atoms with Crippen LogP contribution in [0.25, 0.3) is 0 Å². The molecule has 0 aliphatic heterocycles. The summed E-state index contributed by atoms with van der Waals surface area (Å²) in [6.45, 7) is 32.1. The van der Waals surface area contributed by atoms with Gasteiger partial charge in [-0.15, -0.1) is 0 Å². The van der Waals surface area contributed by atoms with E-state index in [4.69, 9.17) is 14.2 Å². The molecule has 0 aliphatic carbocycles. The maximum Gasteiger partial charge on any atom is 0.309 e. The second-order valence-electron chi connectivity index (χ2n) is 15.7. The first-order valence-corrected chi connectivity index (χ1v) is 16.7. The molecule has 0 aliphatic rings. The highest BCUT2D eigenvalue weighted by atomic mass is 16.6. The van der Waals surface area contributed by atoms with Crippen molar-refractivity contribution in [3.05, 3.63) is 0 Å². The number of nitrogens with one attached hydrogen (secondary N) is 1. The Labute approximate surface area is 265 Å². The molecule has 1 unspecified atom stereocenters. The van der Waals surface area contributed by atoms with Crippen molar-refractivity contribution in [1.29, 1.82) is 0 Å². The monoisotopic (exact) mass is 612 g/mol. The van der Waals surface area contributed by atoms with Crippen LogP contribution >= 0.6 is 0 Å². The third-order valence-electron chi connectivity index (χ3n) is 10.8. The number of rotatable bonds is 23. The topological polar surface area (TPSA) is 90.9 Å². The number of ether oxygens (including phenoxy) is 3. The number of Topliss-reactive ketones (excluding diaryl/α,β-unsaturated/α-hetero) is 2. The molecule has 0 bridgehead atoms. The molecule has 7 heteroatoms. The van der Waals surface area contributed by atoms with E-state index in [0.717, 1.165) is 32.1 Å². The van der Waals surface area contributed by atoms with Gasteiger partial charge in [0.1, 0.15) is 17.2 Å². The van der Waals surface area contributed by atoms with Crippen LogP contribution in [0.5, 0.6) is 0 Å². The lowest BCUT2D eigenvalue weighted by molar-refractivity contribution is -0.188. The van der Waals surface area contributed by atoms with Gasteiger partial charge < -0.3 is 19.5 Å². The number of carbonyl (C=O) groups is 3. The van der Waals surface area contributed by atoms with E-state index in [0.29, 0.717) is 39.1 Å². The van der Waals surface area contributed by atoms with Crippen LogP contribution < -0.4 is 5.32 Å². The molecule has 0 heterocycles. The molecular weight excluding hydrogens is 542 g/mol. The van der Waals surface area contributed by atoms with Gasteiger partial charge in [-0.1, -0.05) is 54.9 Å². The van der Waals surface area contributed by atoms with Gasteiger partial charge in [0, 0.05) is 43.4 Å². The van der Waals surface area contributed by atoms with Crippen molar-refractivity contribution in [2.45, 2.75) is 166 Å². The van der Waals surface area contributed by atoms with Gasteiger partial charge in [0.2, 0.25) is 0 Å². The summed E-state index contributed by atoms with van der Waals surface area (Å²) in [4.78, 5) is 39.1. The number of carbonyl (C=O) groups excluding carboxylic acids is 3. The first-order chi connectivity index (χ1) is 19.4. The van der Waals surface area contributed by atoms with Gasteiger partial charge in [0.25, 0.3) is 0 Å². The van der Waals surface area contributed by atoms with Gasteiger partial charge >= 0.3 is 5.97 Å². The maximum atomic E-state index is 13.5. The first kappa shape index (κ1) is 41.7. The summed E-state index contributed by atoms with van der Waals surface area (Å²) in [5.74, 6) is -0.439. The Morgan fingerprint density at radius 2 is 1.23 bits per heavy atom. The third-order valence-corrected chi connectivity index (χ3v) is 10.8. The molecule has 43 heavy (non-hydrogen) atoms. The molecule has 0 saturated heterocycles. The fourth-order valence-corrected chi connectivity index (χ4v) is 4.37. The summed E-state index contributed by atoms with van der Waals surface area (Å²) in [7, 11) is 0. The van der Waals surface area contributed by atoms with Gasteiger partial charge in [-0.3, -0.25) is 14.4 Å². The largest absolute Gasteiger partial charge is 0.458 e. The minimum atomic E-state index is -0.974. The fraction of sp³-hybridized carbons (Fsp3) is 0.917. The molecule has 0 spiro atoms. The number of hydrogen-bond donors (Lipinski definition) is 1. The Bertz CT molecular complexity index is 884. The van der Waals surface area contributed by atoms with Crippen LogP contribution in [0.15, 0.2) is 0 Å². The molecule has 0 aromatic heterocycles. The normalized spacial score (nSPS) is 14.5. The van der Waals surface area contributed by atoms with E-state index in [1.165, 1.54) is 0 Å². The lowest BCUT2D eigenvalue weighted by Gasteiger charge is -2.46. The summed E-state index contributed by atoms with van der Waals surface area (Å²) in [5.41, 5.74) is -3.38. The van der Waals surface area contributed by atoms with Crippen molar-refractivity contribution in [3.63, 3.8) is 0 Å². The van der Waals surface area contributed by atoms with Gasteiger partial charge in [0.05, 0.1) is 29.1 Å². The van der Waals surface area contributed by atoms with Crippen LogP contribution in [0.3, 0.4) is 0 Å². The summed E-state index contributed by atoms with van der Waals surface area (Å²) < 4.78 is 18.3. The van der Waals surface area contributed by atoms with Gasteiger partial charge in [-0.2, -0.15) is 0 Å². The highest BCUT2D eigenvalue weighted by Crippen LogP contribution is 2.43. The molecule has 1 atom stereocenters. The van der Waals surface area contributed by atoms with Crippen LogP contribution in [0.2, 0.25) is 0 Å². The molecular formula is C36H69NO6. The quantitative estimate of drug-likeness (QED) is 0.0922. The van der Waals surface area contributed by atoms with Crippen LogP contribution in [0, 0.1) is 22.2 Å². The predicted molar refractivity (Wildman–Crippen MR) is 177 cm³/mol. The number of hydrogen-bond acceptors (Lipinski definition) is 7. The van der Waals surface area contributed by atoms with Crippen LogP contribution in [-0.2, 0) is 28.6 Å². The van der Waals surface area contributed by atoms with E-state index in [1.807, 2.05) is 83.1 Å². The SMILES string of the molecule is CCC(C)(C)OCCCCCC(=O)C(C)(C)C(C)(C)OC(=O)C(C)C(C)(C)C(C)(C)OCCNCCC(=O)C(C)(C)CC. The summed E-state index contributed by atoms with van der Waals surface area (Å²) in [6.07, 6.45) is 5.38. The highest BCUT2D eigenvalue weighted by molar-refractivity contribution is 5.86. The fourth-order valence-electron chi connectivity index (χ4n) is 4.37. The molecule has 0 aromatic carbocycles. The molecule has 0 radical (unpaired) electrons. The van der Waals surface area contributed by atoms with E-state index < -0.39 is 27.9 Å². The van der Waals surface area contributed by atoms with E-state index in [2.05, 4.69) is 26.1 Å². The minimum absolute atomic E-state index is 0.100. The number of ketones is 2. The molecule has 7 nitrogen and oxygen atoms in total. The average Bonchev–Trinajstić information content (AvgIpc) is 2.90. The van der Waals surface area contributed by atoms with Gasteiger partial charge in [-0.25, -0.2) is 0 Å². The highest BCUT2D eigenvalue weighted by Gasteiger charge is 2.50. The Kier molecular flexibility index (Phi) is 16.3. The molecule has 254 valence electrons. The second kappa shape index (κ2) is 16.8. The average molecular weight is 612 g/mol. The van der Waals surface area contributed by atoms with Crippen molar-refractivity contribution in [3.8, 4) is 0 Å². The lowest BCUT2D eigenvalue weighted by Crippen LogP contribution is -2.53. The summed E-state index contributed by atoms with van der Waals surface area (Å²) in [6, 6.07) is 0. The van der Waals surface area contributed by atoms with Crippen molar-refractivity contribution in [2.75, 3.05) is 26.3 Å². The van der Waals surface area contributed by atoms with Gasteiger partial charge in [0.15, 0.2) is 0 Å². The zero-order chi connectivity index (χ0) is 33.9. The molecule has 0 fully saturated rings. The van der Waals surface area contributed by atoms with Gasteiger partial charge in [-0.05, 0) is 81.1 Å². The maximum absolute atomic E-state index is 13.5. The van der Waals surface area contributed by atoms with E-state index >= 15 is 0 Å². The molecule has 0 aromatic rings. The lowest BCUT2D eigenvalue weighted by atomic mass is 9.68. The van der Waals surface area contributed by atoms with Crippen LogP contribution in [0.1, 0.15) is 149 Å². The van der Waals surface area contributed by atoms with Crippen molar-refractivity contribution in [2.24, 2.45) is 22.2 Å². The first-order valence-electron chi connectivity index (χ1n) is 16.7. The summed E-state index contributed by atoms with van der Waals surface area (Å²) >= 11 is 0. The standard InChI is InChI=1S/C36H69NO6/c1-16-31(4,5)28(38)22-23-37-24-26-42-35(12,13)33(8,9)27(3)30(40)43-36(14,15)34(10,11)29(39)21-19-18-20-25-41-32(6,7)17-2/h27,37H,16-26H2,1-15H3. The zero-order valence-corrected chi connectivity index (χ0v) is 30.8. The molecule has 0 amide bonds. The number of unbranched alkanes of at least 4 members (excludes halogenated alkanes) is 2. The Balaban J connectivity index is 4.94. The Hall–Kier alpha value is -1.31. The summed E-state index contributed by atoms with van der Waals surface area (Å²) in [5, 5.41) is 3.30. The van der Waals surface area contributed by atoms with Crippen LogP contribution in [0.4, 0.5) is 0 Å². The van der Waals surface area contributed by atoms with E-state index in [9.17, 15) is 14.4 Å². The smallest absolute Gasteiger partial charge is 0.309 e. The third kappa shape index (κ3) is 12.5. The van der Waals surface area contributed by atoms with Crippen molar-refractivity contribution < 1.29 is 28.6 Å². The van der Waals surface area contributed by atoms with Crippen molar-refractivity contribution in [1.82, 2.24) is 5.32 Å². The van der Waals surface area contributed by atoms with E-state index in [1.54, 1.807) is 0 Å².